The van der Waals surface area contributed by atoms with E-state index in [1.54, 1.807) is 6.07 Å². The Kier molecular flexibility index (Phi) is 4.13. The summed E-state index contributed by atoms with van der Waals surface area (Å²) in [6, 6.07) is 3.52. The van der Waals surface area contributed by atoms with Crippen LogP contribution in [0.5, 0.6) is 0 Å². The maximum Gasteiger partial charge on any atom is 0.269 e. The van der Waals surface area contributed by atoms with Gasteiger partial charge in [0.05, 0.1) is 18.6 Å². The maximum atomic E-state index is 13.3. The molecule has 1 atom stereocenters. The van der Waals surface area contributed by atoms with Crippen molar-refractivity contribution < 1.29 is 9.18 Å². The topological polar surface area (TPSA) is 83.8 Å². The van der Waals surface area contributed by atoms with E-state index < -0.39 is 11.9 Å². The monoisotopic (exact) mass is 282 g/mol. The van der Waals surface area contributed by atoms with Crippen LogP contribution in [-0.4, -0.2) is 22.4 Å². The molecule has 1 amide bonds. The first-order valence-corrected chi connectivity index (χ1v) is 5.93. The molecule has 1 aromatic heterocycles. The molecule has 0 radical (unpaired) electrons. The Morgan fingerprint density at radius 1 is 1.53 bits per heavy atom. The van der Waals surface area contributed by atoms with Gasteiger partial charge in [0.25, 0.3) is 5.91 Å². The third kappa shape index (κ3) is 3.30. The molecule has 2 aromatic rings. The van der Waals surface area contributed by atoms with Gasteiger partial charge in [0, 0.05) is 11.6 Å². The molecule has 19 heavy (non-hydrogen) atoms. The first-order valence-electron chi connectivity index (χ1n) is 5.55. The second-order valence-electron chi connectivity index (χ2n) is 3.93. The highest BCUT2D eigenvalue weighted by molar-refractivity contribution is 6.30. The van der Waals surface area contributed by atoms with E-state index in [9.17, 15) is 9.18 Å². The van der Waals surface area contributed by atoms with Crippen LogP contribution in [0.4, 0.5) is 4.39 Å². The average molecular weight is 283 g/mol. The number of rotatable bonds is 4. The van der Waals surface area contributed by atoms with Gasteiger partial charge in [-0.15, -0.1) is 0 Å². The Hall–Kier alpha value is -1.92. The lowest BCUT2D eigenvalue weighted by Crippen LogP contribution is -2.33. The molecule has 4 N–H and O–H groups in total. The van der Waals surface area contributed by atoms with E-state index in [4.69, 9.17) is 17.3 Å². The minimum absolute atomic E-state index is 0.125. The van der Waals surface area contributed by atoms with Gasteiger partial charge in [-0.1, -0.05) is 11.6 Å². The Bertz CT molecular complexity index is 553. The van der Waals surface area contributed by atoms with E-state index in [0.29, 0.717) is 11.3 Å². The number of halogens is 2. The zero-order valence-electron chi connectivity index (χ0n) is 9.86. The minimum Gasteiger partial charge on any atom is -0.343 e. The molecular weight excluding hydrogens is 271 g/mol. The van der Waals surface area contributed by atoms with Crippen LogP contribution in [0.3, 0.4) is 0 Å². The summed E-state index contributed by atoms with van der Waals surface area (Å²) in [7, 11) is 0. The number of amides is 1. The molecule has 0 aliphatic carbocycles. The molecule has 5 nitrogen and oxygen atoms in total. The van der Waals surface area contributed by atoms with Gasteiger partial charge in [-0.05, 0) is 23.8 Å². The minimum atomic E-state index is -0.524. The van der Waals surface area contributed by atoms with Crippen LogP contribution < -0.4 is 11.1 Å². The third-order valence-electron chi connectivity index (χ3n) is 2.57. The lowest BCUT2D eigenvalue weighted by molar-refractivity contribution is 0.0933. The van der Waals surface area contributed by atoms with Crippen molar-refractivity contribution in [1.82, 2.24) is 15.3 Å². The van der Waals surface area contributed by atoms with Gasteiger partial charge in [-0.2, -0.15) is 0 Å². The molecule has 0 saturated carbocycles. The molecule has 2 rings (SSSR count). The summed E-state index contributed by atoms with van der Waals surface area (Å²) in [4.78, 5) is 18.3. The Morgan fingerprint density at radius 3 is 2.89 bits per heavy atom. The van der Waals surface area contributed by atoms with Gasteiger partial charge >= 0.3 is 0 Å². The first kappa shape index (κ1) is 13.5. The molecule has 1 unspecified atom stereocenters. The van der Waals surface area contributed by atoms with Gasteiger partial charge in [0.1, 0.15) is 11.5 Å². The Morgan fingerprint density at radius 2 is 2.32 bits per heavy atom. The predicted molar refractivity (Wildman–Crippen MR) is 69.3 cm³/mol. The number of benzene rings is 1. The molecule has 0 spiro atoms. The number of H-pyrrole nitrogens is 1. The fraction of sp³-hybridized carbons (Fsp3) is 0.167. The number of carbonyl (C=O) groups is 1. The highest BCUT2D eigenvalue weighted by atomic mass is 35.5. The number of nitrogens with one attached hydrogen (secondary N) is 2. The smallest absolute Gasteiger partial charge is 0.269 e. The van der Waals surface area contributed by atoms with Crippen molar-refractivity contribution in [2.45, 2.75) is 6.04 Å². The number of aromatic amines is 1. The van der Waals surface area contributed by atoms with E-state index in [1.807, 2.05) is 0 Å². The van der Waals surface area contributed by atoms with Gasteiger partial charge in [-0.3, -0.25) is 4.79 Å². The highest BCUT2D eigenvalue weighted by Crippen LogP contribution is 2.19. The van der Waals surface area contributed by atoms with Crippen molar-refractivity contribution in [3.8, 4) is 0 Å². The molecule has 100 valence electrons. The number of nitrogens with zero attached hydrogens (tertiary/aromatic N) is 1. The van der Waals surface area contributed by atoms with Crippen LogP contribution in [-0.2, 0) is 0 Å². The number of carbonyl (C=O) groups excluding carboxylic acids is 1. The number of hydrogen-bond donors (Lipinski definition) is 3. The second kappa shape index (κ2) is 5.81. The van der Waals surface area contributed by atoms with Crippen molar-refractivity contribution in [2.24, 2.45) is 5.73 Å². The van der Waals surface area contributed by atoms with Crippen LogP contribution in [0.2, 0.25) is 5.02 Å². The second-order valence-corrected chi connectivity index (χ2v) is 4.37. The Labute approximate surface area is 114 Å². The molecule has 0 aliphatic rings. The summed E-state index contributed by atoms with van der Waals surface area (Å²) >= 11 is 5.78. The summed E-state index contributed by atoms with van der Waals surface area (Å²) < 4.78 is 13.3. The van der Waals surface area contributed by atoms with E-state index in [2.05, 4.69) is 15.3 Å². The van der Waals surface area contributed by atoms with Crippen LogP contribution >= 0.6 is 11.6 Å². The first-order chi connectivity index (χ1) is 9.10. The summed E-state index contributed by atoms with van der Waals surface area (Å²) in [5, 5.41) is 2.93. The summed E-state index contributed by atoms with van der Waals surface area (Å²) in [5.74, 6) is -0.843. The SMILES string of the molecule is NCC(NC(=O)c1cnc[nH]1)c1cc(F)cc(Cl)c1. The zero-order valence-corrected chi connectivity index (χ0v) is 10.6. The summed E-state index contributed by atoms with van der Waals surface area (Å²) in [6.45, 7) is 0.125. The maximum absolute atomic E-state index is 13.3. The lowest BCUT2D eigenvalue weighted by Gasteiger charge is -2.17. The van der Waals surface area contributed by atoms with Crippen molar-refractivity contribution >= 4 is 17.5 Å². The van der Waals surface area contributed by atoms with Crippen molar-refractivity contribution in [2.75, 3.05) is 6.54 Å². The number of nitrogens with two attached hydrogens (primary N) is 1. The van der Waals surface area contributed by atoms with Crippen molar-refractivity contribution in [3.05, 3.63) is 52.8 Å². The standard InChI is InChI=1S/C12H12ClFN4O/c13-8-1-7(2-9(14)3-8)10(4-15)18-12(19)11-5-16-6-17-11/h1-3,5-6,10H,4,15H2,(H,16,17)(H,18,19). The van der Waals surface area contributed by atoms with E-state index in [1.165, 1.54) is 24.7 Å². The van der Waals surface area contributed by atoms with Gasteiger partial charge in [0.15, 0.2) is 0 Å². The Balaban J connectivity index is 2.18. The van der Waals surface area contributed by atoms with Crippen molar-refractivity contribution in [3.63, 3.8) is 0 Å². The molecule has 1 heterocycles. The van der Waals surface area contributed by atoms with Crippen LogP contribution in [0, 0.1) is 5.82 Å². The molecule has 0 fully saturated rings. The van der Waals surface area contributed by atoms with Crippen LogP contribution in [0.15, 0.2) is 30.7 Å². The number of imidazole rings is 1. The lowest BCUT2D eigenvalue weighted by atomic mass is 10.1. The fourth-order valence-electron chi connectivity index (χ4n) is 1.67. The van der Waals surface area contributed by atoms with E-state index in [0.717, 1.165) is 0 Å². The van der Waals surface area contributed by atoms with Gasteiger partial charge < -0.3 is 16.0 Å². The predicted octanol–water partition coefficient (Wildman–Crippen LogP) is 1.63. The van der Waals surface area contributed by atoms with Crippen LogP contribution in [0.1, 0.15) is 22.1 Å². The zero-order chi connectivity index (χ0) is 13.8. The molecule has 7 heteroatoms. The summed E-state index contributed by atoms with van der Waals surface area (Å²) in [6.07, 6.45) is 2.78. The summed E-state index contributed by atoms with van der Waals surface area (Å²) in [5.41, 5.74) is 6.42. The number of hydrogen-bond acceptors (Lipinski definition) is 3. The average Bonchev–Trinajstić information content (AvgIpc) is 2.88. The molecule has 1 aromatic carbocycles. The molecule has 0 saturated heterocycles. The normalized spacial score (nSPS) is 12.2. The van der Waals surface area contributed by atoms with Crippen LogP contribution in [0.25, 0.3) is 0 Å². The van der Waals surface area contributed by atoms with E-state index in [-0.39, 0.29) is 17.5 Å². The van der Waals surface area contributed by atoms with Gasteiger partial charge in [0.2, 0.25) is 0 Å². The third-order valence-corrected chi connectivity index (χ3v) is 2.79. The molecule has 0 aliphatic heterocycles. The quantitative estimate of drug-likeness (QED) is 0.797. The highest BCUT2D eigenvalue weighted by Gasteiger charge is 2.16. The van der Waals surface area contributed by atoms with Gasteiger partial charge in [-0.25, -0.2) is 9.37 Å². The number of aromatic nitrogens is 2. The molecular formula is C12H12ClFN4O. The fourth-order valence-corrected chi connectivity index (χ4v) is 1.90. The van der Waals surface area contributed by atoms with E-state index >= 15 is 0 Å². The molecule has 0 bridgehead atoms. The van der Waals surface area contributed by atoms with Crippen molar-refractivity contribution in [1.29, 1.82) is 0 Å². The largest absolute Gasteiger partial charge is 0.343 e.